The van der Waals surface area contributed by atoms with E-state index in [1.54, 1.807) is 13.1 Å². The van der Waals surface area contributed by atoms with Crippen LogP contribution < -0.4 is 5.32 Å². The Morgan fingerprint density at radius 3 is 2.62 bits per heavy atom. The second-order valence-corrected chi connectivity index (χ2v) is 5.66. The molecule has 0 spiro atoms. The van der Waals surface area contributed by atoms with Crippen LogP contribution in [-0.4, -0.2) is 41.8 Å². The van der Waals surface area contributed by atoms with Gasteiger partial charge in [0.25, 0.3) is 5.91 Å². The van der Waals surface area contributed by atoms with Gasteiger partial charge in [-0.1, -0.05) is 32.4 Å². The number of nitrogens with one attached hydrogen (secondary N) is 1. The van der Waals surface area contributed by atoms with Crippen molar-refractivity contribution in [2.45, 2.75) is 33.1 Å². The van der Waals surface area contributed by atoms with Crippen molar-refractivity contribution >= 4 is 23.4 Å². The smallest absolute Gasteiger partial charge is 0.254 e. The standard InChI is InChI=1S/C15H22ClN3O2/c1-5-6-17-14(20)9-19(4)15(21)11-7-12(10(2)3)18-13(16)8-11/h7-8,10H,5-6,9H2,1-4H3,(H,17,20). The maximum atomic E-state index is 12.3. The van der Waals surface area contributed by atoms with Gasteiger partial charge in [0, 0.05) is 24.8 Å². The number of amides is 2. The number of hydrogen-bond acceptors (Lipinski definition) is 3. The lowest BCUT2D eigenvalue weighted by atomic mass is 10.1. The number of carbonyl (C=O) groups is 2. The van der Waals surface area contributed by atoms with Gasteiger partial charge in [-0.15, -0.1) is 0 Å². The average molecular weight is 312 g/mol. The van der Waals surface area contributed by atoms with Gasteiger partial charge in [0.15, 0.2) is 0 Å². The third-order valence-electron chi connectivity index (χ3n) is 2.95. The van der Waals surface area contributed by atoms with Crippen molar-refractivity contribution in [3.63, 3.8) is 0 Å². The molecular formula is C15H22ClN3O2. The molecule has 5 nitrogen and oxygen atoms in total. The molecule has 0 unspecified atom stereocenters. The number of halogens is 1. The molecule has 1 aromatic heterocycles. The Kier molecular flexibility index (Phi) is 6.62. The van der Waals surface area contributed by atoms with Crippen molar-refractivity contribution in [2.75, 3.05) is 20.1 Å². The average Bonchev–Trinajstić information content (AvgIpc) is 2.43. The van der Waals surface area contributed by atoms with E-state index in [1.807, 2.05) is 20.8 Å². The van der Waals surface area contributed by atoms with Gasteiger partial charge in [-0.3, -0.25) is 9.59 Å². The molecule has 0 aromatic carbocycles. The quantitative estimate of drug-likeness (QED) is 0.821. The molecule has 0 aliphatic heterocycles. The molecule has 1 heterocycles. The number of likely N-dealkylation sites (N-methyl/N-ethyl adjacent to an activating group) is 1. The first-order valence-corrected chi connectivity index (χ1v) is 7.42. The van der Waals surface area contributed by atoms with Crippen molar-refractivity contribution in [1.29, 1.82) is 0 Å². The predicted octanol–water partition coefficient (Wildman–Crippen LogP) is 2.46. The fourth-order valence-corrected chi connectivity index (χ4v) is 1.98. The van der Waals surface area contributed by atoms with Crippen molar-refractivity contribution in [3.8, 4) is 0 Å². The van der Waals surface area contributed by atoms with Crippen LogP contribution in [-0.2, 0) is 4.79 Å². The summed E-state index contributed by atoms with van der Waals surface area (Å²) in [5, 5.41) is 3.02. The third-order valence-corrected chi connectivity index (χ3v) is 3.15. The number of aromatic nitrogens is 1. The number of nitrogens with zero attached hydrogens (tertiary/aromatic N) is 2. The fourth-order valence-electron chi connectivity index (χ4n) is 1.76. The maximum Gasteiger partial charge on any atom is 0.254 e. The molecule has 0 fully saturated rings. The lowest BCUT2D eigenvalue weighted by Crippen LogP contribution is -2.38. The number of pyridine rings is 1. The van der Waals surface area contributed by atoms with Crippen LogP contribution in [0.25, 0.3) is 0 Å². The van der Waals surface area contributed by atoms with Gasteiger partial charge in [-0.2, -0.15) is 0 Å². The minimum Gasteiger partial charge on any atom is -0.355 e. The van der Waals surface area contributed by atoms with E-state index in [0.29, 0.717) is 12.1 Å². The highest BCUT2D eigenvalue weighted by atomic mass is 35.5. The molecule has 0 bridgehead atoms. The lowest BCUT2D eigenvalue weighted by molar-refractivity contribution is -0.121. The zero-order valence-corrected chi connectivity index (χ0v) is 13.7. The molecule has 21 heavy (non-hydrogen) atoms. The van der Waals surface area contributed by atoms with Crippen LogP contribution in [0.1, 0.15) is 49.2 Å². The van der Waals surface area contributed by atoms with Gasteiger partial charge >= 0.3 is 0 Å². The van der Waals surface area contributed by atoms with Gasteiger partial charge < -0.3 is 10.2 Å². The van der Waals surface area contributed by atoms with E-state index in [9.17, 15) is 9.59 Å². The molecule has 0 saturated carbocycles. The molecule has 0 saturated heterocycles. The number of hydrogen-bond donors (Lipinski definition) is 1. The van der Waals surface area contributed by atoms with Crippen LogP contribution in [0, 0.1) is 0 Å². The molecule has 0 aliphatic carbocycles. The van der Waals surface area contributed by atoms with Gasteiger partial charge in [-0.25, -0.2) is 4.98 Å². The van der Waals surface area contributed by atoms with E-state index in [-0.39, 0.29) is 29.4 Å². The van der Waals surface area contributed by atoms with Gasteiger partial charge in [-0.05, 0) is 24.5 Å². The minimum atomic E-state index is -0.243. The van der Waals surface area contributed by atoms with Crippen LogP contribution in [0.5, 0.6) is 0 Å². The van der Waals surface area contributed by atoms with E-state index in [2.05, 4.69) is 10.3 Å². The predicted molar refractivity (Wildman–Crippen MR) is 83.6 cm³/mol. The van der Waals surface area contributed by atoms with Crippen molar-refractivity contribution in [2.24, 2.45) is 0 Å². The van der Waals surface area contributed by atoms with E-state index >= 15 is 0 Å². The number of rotatable bonds is 6. The highest BCUT2D eigenvalue weighted by Crippen LogP contribution is 2.18. The summed E-state index contributed by atoms with van der Waals surface area (Å²) in [4.78, 5) is 29.6. The van der Waals surface area contributed by atoms with Gasteiger partial charge in [0.05, 0.1) is 6.54 Å². The zero-order valence-electron chi connectivity index (χ0n) is 12.9. The van der Waals surface area contributed by atoms with Gasteiger partial charge in [0.2, 0.25) is 5.91 Å². The second-order valence-electron chi connectivity index (χ2n) is 5.27. The summed E-state index contributed by atoms with van der Waals surface area (Å²) in [7, 11) is 1.59. The van der Waals surface area contributed by atoms with Gasteiger partial charge in [0.1, 0.15) is 5.15 Å². The monoisotopic (exact) mass is 311 g/mol. The summed E-state index contributed by atoms with van der Waals surface area (Å²) < 4.78 is 0. The first kappa shape index (κ1) is 17.4. The Labute approximate surface area is 130 Å². The Balaban J connectivity index is 2.80. The summed E-state index contributed by atoms with van der Waals surface area (Å²) in [5.41, 5.74) is 1.21. The van der Waals surface area contributed by atoms with Crippen molar-refractivity contribution in [3.05, 3.63) is 28.5 Å². The first-order chi connectivity index (χ1) is 9.85. The normalized spacial score (nSPS) is 10.6. The first-order valence-electron chi connectivity index (χ1n) is 7.04. The molecule has 0 radical (unpaired) electrons. The highest BCUT2D eigenvalue weighted by Gasteiger charge is 2.17. The van der Waals surface area contributed by atoms with Crippen LogP contribution >= 0.6 is 11.6 Å². The molecule has 116 valence electrons. The second kappa shape index (κ2) is 7.98. The van der Waals surface area contributed by atoms with Crippen LogP contribution in [0.2, 0.25) is 5.15 Å². The molecule has 1 rings (SSSR count). The van der Waals surface area contributed by atoms with Crippen molar-refractivity contribution < 1.29 is 9.59 Å². The zero-order chi connectivity index (χ0) is 16.0. The summed E-state index contributed by atoms with van der Waals surface area (Å²) in [6, 6.07) is 3.25. The van der Waals surface area contributed by atoms with Crippen LogP contribution in [0.4, 0.5) is 0 Å². The Bertz CT molecular complexity index is 518. The summed E-state index contributed by atoms with van der Waals surface area (Å²) in [6.45, 7) is 6.57. The molecule has 1 N–H and O–H groups in total. The fraction of sp³-hybridized carbons (Fsp3) is 0.533. The lowest BCUT2D eigenvalue weighted by Gasteiger charge is -2.17. The Morgan fingerprint density at radius 2 is 2.05 bits per heavy atom. The Hall–Kier alpha value is -1.62. The third kappa shape index (κ3) is 5.34. The molecule has 2 amide bonds. The topological polar surface area (TPSA) is 62.3 Å². The summed E-state index contributed by atoms with van der Waals surface area (Å²) >= 11 is 5.96. The molecular weight excluding hydrogens is 290 g/mol. The van der Waals surface area contributed by atoms with Crippen LogP contribution in [0.3, 0.4) is 0 Å². The number of carbonyl (C=O) groups excluding carboxylic acids is 2. The van der Waals surface area contributed by atoms with Crippen molar-refractivity contribution in [1.82, 2.24) is 15.2 Å². The SMILES string of the molecule is CCCNC(=O)CN(C)C(=O)c1cc(Cl)nc(C(C)C)c1. The van der Waals surface area contributed by atoms with E-state index < -0.39 is 0 Å². The van der Waals surface area contributed by atoms with Crippen LogP contribution in [0.15, 0.2) is 12.1 Å². The highest BCUT2D eigenvalue weighted by molar-refractivity contribution is 6.29. The van der Waals surface area contributed by atoms with E-state index in [1.165, 1.54) is 11.0 Å². The maximum absolute atomic E-state index is 12.3. The molecule has 0 atom stereocenters. The van der Waals surface area contributed by atoms with E-state index in [4.69, 9.17) is 11.6 Å². The minimum absolute atomic E-state index is 0.0236. The molecule has 0 aliphatic rings. The largest absolute Gasteiger partial charge is 0.355 e. The Morgan fingerprint density at radius 1 is 1.38 bits per heavy atom. The summed E-state index contributed by atoms with van der Waals surface area (Å²) in [6.07, 6.45) is 0.862. The van der Waals surface area contributed by atoms with E-state index in [0.717, 1.165) is 12.1 Å². The molecule has 6 heteroatoms. The molecule has 1 aromatic rings. The summed E-state index contributed by atoms with van der Waals surface area (Å²) in [5.74, 6) is -0.238.